The number of nitrogens with one attached hydrogen (secondary N) is 1. The largest absolute Gasteiger partial charge is 0.496 e. The minimum absolute atomic E-state index is 0.0710. The first-order valence-electron chi connectivity index (χ1n) is 7.27. The van der Waals surface area contributed by atoms with Crippen LogP contribution in [0.2, 0.25) is 0 Å². The molecule has 2 rings (SSSR count). The molecule has 0 fully saturated rings. The summed E-state index contributed by atoms with van der Waals surface area (Å²) in [5.41, 5.74) is 2.07. The van der Waals surface area contributed by atoms with Crippen LogP contribution in [0.5, 0.6) is 11.5 Å². The maximum Gasteiger partial charge on any atom is 0.201 e. The van der Waals surface area contributed by atoms with Crippen molar-refractivity contribution in [3.8, 4) is 11.5 Å². The number of benzene rings is 1. The predicted molar refractivity (Wildman–Crippen MR) is 90.8 cm³/mol. The zero-order valence-electron chi connectivity index (χ0n) is 13.4. The van der Waals surface area contributed by atoms with Crippen LogP contribution >= 0.6 is 0 Å². The first-order chi connectivity index (χ1) is 10.7. The van der Waals surface area contributed by atoms with Crippen LogP contribution in [0.25, 0.3) is 16.5 Å². The number of allylic oxidation sites excluding steroid dienone is 4. The molecule has 0 aliphatic carbocycles. The van der Waals surface area contributed by atoms with Crippen LogP contribution in [-0.4, -0.2) is 19.2 Å². The minimum Gasteiger partial charge on any atom is -0.496 e. The SMILES string of the molecule is C/C=C(\C=C/CC)c1c[nH]c2c(OC)ccc(OC)c2c1=O. The molecule has 0 saturated carbocycles. The van der Waals surface area contributed by atoms with Gasteiger partial charge in [-0.05, 0) is 31.1 Å². The molecule has 1 aromatic heterocycles. The summed E-state index contributed by atoms with van der Waals surface area (Å²) in [4.78, 5) is 16.1. The molecule has 0 amide bonds. The quantitative estimate of drug-likeness (QED) is 0.851. The highest BCUT2D eigenvalue weighted by molar-refractivity contribution is 5.92. The smallest absolute Gasteiger partial charge is 0.201 e. The van der Waals surface area contributed by atoms with Gasteiger partial charge in [-0.1, -0.05) is 25.2 Å². The fourth-order valence-electron chi connectivity index (χ4n) is 2.42. The number of aromatic nitrogens is 1. The summed E-state index contributed by atoms with van der Waals surface area (Å²) in [5.74, 6) is 1.15. The standard InChI is InChI=1S/C18H21NO3/c1-5-7-8-12(6-2)13-11-19-17-15(22-4)10-9-14(21-3)16(17)18(13)20/h6-11H,5H2,1-4H3,(H,19,20)/b8-7-,12-6+. The van der Waals surface area contributed by atoms with E-state index in [9.17, 15) is 4.79 Å². The molecule has 2 aromatic rings. The molecule has 0 spiro atoms. The fraction of sp³-hybridized carbons (Fsp3) is 0.278. The number of H-pyrrole nitrogens is 1. The van der Waals surface area contributed by atoms with E-state index in [1.807, 2.05) is 25.2 Å². The molecule has 0 atom stereocenters. The topological polar surface area (TPSA) is 51.3 Å². The van der Waals surface area contributed by atoms with Gasteiger partial charge in [0.1, 0.15) is 11.5 Å². The molecule has 4 heteroatoms. The van der Waals surface area contributed by atoms with E-state index in [4.69, 9.17) is 9.47 Å². The zero-order valence-corrected chi connectivity index (χ0v) is 13.4. The number of fused-ring (bicyclic) bond motifs is 1. The summed E-state index contributed by atoms with van der Waals surface area (Å²) in [6, 6.07) is 3.53. The average Bonchev–Trinajstić information content (AvgIpc) is 2.56. The molecule has 0 bridgehead atoms. The van der Waals surface area contributed by atoms with Gasteiger partial charge in [-0.3, -0.25) is 4.79 Å². The number of aromatic amines is 1. The molecular formula is C18H21NO3. The number of hydrogen-bond donors (Lipinski definition) is 1. The van der Waals surface area contributed by atoms with Gasteiger partial charge in [-0.2, -0.15) is 0 Å². The number of hydrogen-bond acceptors (Lipinski definition) is 3. The van der Waals surface area contributed by atoms with Crippen molar-refractivity contribution in [2.45, 2.75) is 20.3 Å². The van der Waals surface area contributed by atoms with Gasteiger partial charge < -0.3 is 14.5 Å². The molecule has 1 aromatic carbocycles. The van der Waals surface area contributed by atoms with Crippen LogP contribution in [0.3, 0.4) is 0 Å². The van der Waals surface area contributed by atoms with E-state index < -0.39 is 0 Å². The lowest BCUT2D eigenvalue weighted by Gasteiger charge is -2.11. The molecule has 1 N–H and O–H groups in total. The highest BCUT2D eigenvalue weighted by atomic mass is 16.5. The van der Waals surface area contributed by atoms with Crippen LogP contribution in [0.1, 0.15) is 25.8 Å². The molecule has 0 aliphatic heterocycles. The molecule has 0 saturated heterocycles. The van der Waals surface area contributed by atoms with E-state index in [0.717, 1.165) is 12.0 Å². The van der Waals surface area contributed by atoms with E-state index in [1.54, 1.807) is 32.5 Å². The Balaban J connectivity index is 2.78. The minimum atomic E-state index is -0.0710. The maximum absolute atomic E-state index is 12.9. The van der Waals surface area contributed by atoms with Gasteiger partial charge in [0.15, 0.2) is 0 Å². The summed E-state index contributed by atoms with van der Waals surface area (Å²) in [6.45, 7) is 3.98. The molecule has 0 unspecified atom stereocenters. The van der Waals surface area contributed by atoms with Crippen molar-refractivity contribution in [2.75, 3.05) is 14.2 Å². The van der Waals surface area contributed by atoms with Crippen molar-refractivity contribution in [3.05, 3.63) is 52.3 Å². The Morgan fingerprint density at radius 1 is 1.23 bits per heavy atom. The molecule has 1 heterocycles. The zero-order chi connectivity index (χ0) is 16.1. The van der Waals surface area contributed by atoms with E-state index in [-0.39, 0.29) is 5.43 Å². The maximum atomic E-state index is 12.9. The summed E-state index contributed by atoms with van der Waals surface area (Å²) >= 11 is 0. The molecule has 22 heavy (non-hydrogen) atoms. The van der Waals surface area contributed by atoms with Gasteiger partial charge in [-0.25, -0.2) is 0 Å². The lowest BCUT2D eigenvalue weighted by Crippen LogP contribution is -2.11. The van der Waals surface area contributed by atoms with Gasteiger partial charge >= 0.3 is 0 Å². The normalized spacial score (nSPS) is 12.1. The number of methoxy groups -OCH3 is 2. The number of ether oxygens (including phenoxy) is 2. The molecule has 0 aliphatic rings. The van der Waals surface area contributed by atoms with E-state index >= 15 is 0 Å². The number of rotatable bonds is 5. The highest BCUT2D eigenvalue weighted by Gasteiger charge is 2.14. The predicted octanol–water partition coefficient (Wildman–Crippen LogP) is 3.91. The molecular weight excluding hydrogens is 278 g/mol. The van der Waals surface area contributed by atoms with Gasteiger partial charge in [0, 0.05) is 11.8 Å². The van der Waals surface area contributed by atoms with Crippen molar-refractivity contribution in [1.29, 1.82) is 0 Å². The van der Waals surface area contributed by atoms with Crippen LogP contribution < -0.4 is 14.9 Å². The Morgan fingerprint density at radius 2 is 1.91 bits per heavy atom. The van der Waals surface area contributed by atoms with Crippen molar-refractivity contribution in [1.82, 2.24) is 4.98 Å². The van der Waals surface area contributed by atoms with Crippen molar-refractivity contribution in [2.24, 2.45) is 0 Å². The summed E-state index contributed by atoms with van der Waals surface area (Å²) in [5, 5.41) is 0.503. The Bertz CT molecular complexity index is 785. The second kappa shape index (κ2) is 6.98. The van der Waals surface area contributed by atoms with Gasteiger partial charge in [0.05, 0.1) is 25.1 Å². The third-order valence-electron chi connectivity index (χ3n) is 3.56. The van der Waals surface area contributed by atoms with Crippen LogP contribution in [0, 0.1) is 0 Å². The summed E-state index contributed by atoms with van der Waals surface area (Å²) in [7, 11) is 3.13. The third kappa shape index (κ3) is 2.77. The van der Waals surface area contributed by atoms with E-state index in [1.165, 1.54) is 0 Å². The fourth-order valence-corrected chi connectivity index (χ4v) is 2.42. The monoisotopic (exact) mass is 299 g/mol. The average molecular weight is 299 g/mol. The second-order valence-corrected chi connectivity index (χ2v) is 4.81. The van der Waals surface area contributed by atoms with Crippen molar-refractivity contribution < 1.29 is 9.47 Å². The van der Waals surface area contributed by atoms with Crippen LogP contribution in [0.4, 0.5) is 0 Å². The van der Waals surface area contributed by atoms with Crippen molar-refractivity contribution >= 4 is 16.5 Å². The Hall–Kier alpha value is -2.49. The second-order valence-electron chi connectivity index (χ2n) is 4.81. The third-order valence-corrected chi connectivity index (χ3v) is 3.56. The summed E-state index contributed by atoms with van der Waals surface area (Å²) in [6.07, 6.45) is 8.56. The molecule has 0 radical (unpaired) electrons. The van der Waals surface area contributed by atoms with Gasteiger partial charge in [-0.15, -0.1) is 0 Å². The highest BCUT2D eigenvalue weighted by Crippen LogP contribution is 2.30. The Kier molecular flexibility index (Phi) is 5.04. The Morgan fingerprint density at radius 3 is 2.50 bits per heavy atom. The summed E-state index contributed by atoms with van der Waals surface area (Å²) < 4.78 is 10.7. The lowest BCUT2D eigenvalue weighted by atomic mass is 10.0. The van der Waals surface area contributed by atoms with Crippen molar-refractivity contribution in [3.63, 3.8) is 0 Å². The Labute approximate surface area is 130 Å². The van der Waals surface area contributed by atoms with Crippen LogP contribution in [0.15, 0.2) is 41.4 Å². The first-order valence-corrected chi connectivity index (χ1v) is 7.27. The van der Waals surface area contributed by atoms with E-state index in [2.05, 4.69) is 11.9 Å². The number of pyridine rings is 1. The van der Waals surface area contributed by atoms with E-state index in [0.29, 0.717) is 28.0 Å². The molecule has 4 nitrogen and oxygen atoms in total. The first kappa shape index (κ1) is 15.9. The van der Waals surface area contributed by atoms with Gasteiger partial charge in [0.2, 0.25) is 5.43 Å². The molecule has 116 valence electrons. The van der Waals surface area contributed by atoms with Gasteiger partial charge in [0.25, 0.3) is 0 Å². The lowest BCUT2D eigenvalue weighted by molar-refractivity contribution is 0.409. The van der Waals surface area contributed by atoms with Crippen LogP contribution in [-0.2, 0) is 0 Å².